The number of ether oxygens (including phenoxy) is 1. The molecule has 0 amide bonds. The van der Waals surface area contributed by atoms with Crippen molar-refractivity contribution in [1.29, 1.82) is 0 Å². The summed E-state index contributed by atoms with van der Waals surface area (Å²) in [6.07, 6.45) is 0. The molecule has 0 spiro atoms. The molecule has 0 radical (unpaired) electrons. The Kier molecular flexibility index (Phi) is 4.87. The zero-order valence-electron chi connectivity index (χ0n) is 9.96. The number of benzene rings is 2. The lowest BCUT2D eigenvalue weighted by Gasteiger charge is -2.15. The van der Waals surface area contributed by atoms with E-state index in [-0.39, 0.29) is 10.6 Å². The second kappa shape index (κ2) is 6.25. The van der Waals surface area contributed by atoms with Crippen molar-refractivity contribution in [2.24, 2.45) is 0 Å². The van der Waals surface area contributed by atoms with Crippen molar-refractivity contribution in [3.05, 3.63) is 62.8 Å². The Balaban J connectivity index is 2.44. The molecule has 0 aliphatic carbocycles. The summed E-state index contributed by atoms with van der Waals surface area (Å²) in [4.78, 5) is -0.198. The molecule has 0 N–H and O–H groups in total. The van der Waals surface area contributed by atoms with Gasteiger partial charge in [-0.25, -0.2) is 4.39 Å². The summed E-state index contributed by atoms with van der Waals surface area (Å²) in [5.74, 6) is 0.387. The topological polar surface area (TPSA) is 9.23 Å². The Morgan fingerprint density at radius 1 is 1.21 bits per heavy atom. The smallest absolute Gasteiger partial charge is 0.137 e. The molecule has 0 aliphatic rings. The number of alkyl halides is 1. The van der Waals surface area contributed by atoms with Gasteiger partial charge < -0.3 is 4.74 Å². The maximum Gasteiger partial charge on any atom is 0.137 e. The molecule has 19 heavy (non-hydrogen) atoms. The number of hydrogen-bond acceptors (Lipinski definition) is 1. The summed E-state index contributed by atoms with van der Waals surface area (Å²) in [6.45, 7) is 0. The van der Waals surface area contributed by atoms with Crippen LogP contribution in [0.25, 0.3) is 0 Å². The minimum Gasteiger partial charge on any atom is -0.497 e. The monoisotopic (exact) mass is 406 g/mol. The molecular weight excluding hydrogens is 398 g/mol. The molecule has 100 valence electrons. The van der Waals surface area contributed by atoms with E-state index in [0.29, 0.717) is 15.2 Å². The number of methoxy groups -OCH3 is 1. The maximum absolute atomic E-state index is 13.6. The SMILES string of the molecule is COc1ccc(C(Br)c2cccc(F)c2Br)c(Cl)c1. The van der Waals surface area contributed by atoms with Crippen molar-refractivity contribution in [2.75, 3.05) is 7.11 Å². The highest BCUT2D eigenvalue weighted by Gasteiger charge is 2.18. The van der Waals surface area contributed by atoms with Crippen LogP contribution in [-0.4, -0.2) is 7.11 Å². The van der Waals surface area contributed by atoms with Crippen LogP contribution in [0.3, 0.4) is 0 Å². The average Bonchev–Trinajstić information content (AvgIpc) is 2.41. The normalized spacial score (nSPS) is 12.3. The van der Waals surface area contributed by atoms with Gasteiger partial charge in [0.1, 0.15) is 11.6 Å². The third kappa shape index (κ3) is 3.12. The van der Waals surface area contributed by atoms with E-state index in [9.17, 15) is 4.39 Å². The summed E-state index contributed by atoms with van der Waals surface area (Å²) in [5, 5.41) is 0.567. The molecule has 0 saturated carbocycles. The molecule has 1 atom stereocenters. The first kappa shape index (κ1) is 14.8. The predicted molar refractivity (Wildman–Crippen MR) is 82.9 cm³/mol. The molecule has 5 heteroatoms. The first-order chi connectivity index (χ1) is 9.04. The first-order valence-electron chi connectivity index (χ1n) is 5.46. The third-order valence-electron chi connectivity index (χ3n) is 2.74. The number of rotatable bonds is 3. The minimum atomic E-state index is -0.299. The van der Waals surface area contributed by atoms with Gasteiger partial charge >= 0.3 is 0 Å². The van der Waals surface area contributed by atoms with Gasteiger partial charge in [-0.15, -0.1) is 0 Å². The Bertz CT molecular complexity index is 604. The summed E-state index contributed by atoms with van der Waals surface area (Å²) < 4.78 is 19.1. The van der Waals surface area contributed by atoms with Crippen LogP contribution in [-0.2, 0) is 0 Å². The quantitative estimate of drug-likeness (QED) is 0.589. The maximum atomic E-state index is 13.6. The summed E-state index contributed by atoms with van der Waals surface area (Å²) in [5.41, 5.74) is 1.64. The van der Waals surface area contributed by atoms with Gasteiger partial charge in [0, 0.05) is 5.02 Å². The average molecular weight is 408 g/mol. The van der Waals surface area contributed by atoms with Gasteiger partial charge in [-0.1, -0.05) is 45.7 Å². The van der Waals surface area contributed by atoms with Crippen molar-refractivity contribution >= 4 is 43.5 Å². The summed E-state index contributed by atoms with van der Waals surface area (Å²) in [6, 6.07) is 10.3. The lowest BCUT2D eigenvalue weighted by Crippen LogP contribution is -1.97. The van der Waals surface area contributed by atoms with E-state index in [1.54, 1.807) is 19.2 Å². The van der Waals surface area contributed by atoms with Gasteiger partial charge in [0.25, 0.3) is 0 Å². The fourth-order valence-corrected chi connectivity index (χ4v) is 3.72. The third-order valence-corrected chi connectivity index (χ3v) is 4.89. The van der Waals surface area contributed by atoms with Crippen LogP contribution in [0.1, 0.15) is 16.0 Å². The molecule has 0 bridgehead atoms. The first-order valence-corrected chi connectivity index (χ1v) is 7.54. The standard InChI is InChI=1S/C14H10Br2ClFO/c1-19-8-5-6-9(11(17)7-8)13(15)10-3-2-4-12(18)14(10)16/h2-7,13H,1H3. The molecule has 0 aromatic heterocycles. The molecule has 0 fully saturated rings. The second-order valence-electron chi connectivity index (χ2n) is 3.89. The molecule has 1 unspecified atom stereocenters. The van der Waals surface area contributed by atoms with Crippen LogP contribution in [0.2, 0.25) is 5.02 Å². The zero-order valence-corrected chi connectivity index (χ0v) is 13.9. The van der Waals surface area contributed by atoms with Crippen molar-refractivity contribution in [2.45, 2.75) is 4.83 Å². The Hall–Kier alpha value is -0.580. The van der Waals surface area contributed by atoms with Gasteiger partial charge in [0.05, 0.1) is 16.4 Å². The Morgan fingerprint density at radius 2 is 1.95 bits per heavy atom. The Morgan fingerprint density at radius 3 is 2.58 bits per heavy atom. The van der Waals surface area contributed by atoms with E-state index in [2.05, 4.69) is 31.9 Å². The molecule has 2 aromatic rings. The molecule has 0 heterocycles. The van der Waals surface area contributed by atoms with E-state index in [1.807, 2.05) is 18.2 Å². The molecule has 0 aliphatic heterocycles. The summed E-state index contributed by atoms with van der Waals surface area (Å²) in [7, 11) is 1.58. The fourth-order valence-electron chi connectivity index (χ4n) is 1.72. The van der Waals surface area contributed by atoms with E-state index < -0.39 is 0 Å². The molecule has 0 saturated heterocycles. The van der Waals surface area contributed by atoms with Gasteiger partial charge in [0.15, 0.2) is 0 Å². The van der Waals surface area contributed by atoms with Crippen LogP contribution in [0, 0.1) is 5.82 Å². The van der Waals surface area contributed by atoms with E-state index in [4.69, 9.17) is 16.3 Å². The van der Waals surface area contributed by atoms with Crippen molar-refractivity contribution < 1.29 is 9.13 Å². The van der Waals surface area contributed by atoms with Gasteiger partial charge in [-0.3, -0.25) is 0 Å². The highest BCUT2D eigenvalue weighted by atomic mass is 79.9. The Labute approximate surface area is 133 Å². The largest absolute Gasteiger partial charge is 0.497 e. The second-order valence-corrected chi connectivity index (χ2v) is 6.01. The highest BCUT2D eigenvalue weighted by molar-refractivity contribution is 9.11. The lowest BCUT2D eigenvalue weighted by molar-refractivity contribution is 0.414. The summed E-state index contributed by atoms with van der Waals surface area (Å²) >= 11 is 13.0. The van der Waals surface area contributed by atoms with Crippen LogP contribution < -0.4 is 4.74 Å². The van der Waals surface area contributed by atoms with Crippen molar-refractivity contribution in [3.8, 4) is 5.75 Å². The number of hydrogen-bond donors (Lipinski definition) is 0. The molecular formula is C14H10Br2ClFO. The van der Waals surface area contributed by atoms with Crippen LogP contribution in [0.5, 0.6) is 5.75 Å². The van der Waals surface area contributed by atoms with Crippen LogP contribution in [0.15, 0.2) is 40.9 Å². The van der Waals surface area contributed by atoms with Gasteiger partial charge in [0.2, 0.25) is 0 Å². The van der Waals surface area contributed by atoms with Crippen molar-refractivity contribution in [3.63, 3.8) is 0 Å². The molecule has 2 aromatic carbocycles. The fraction of sp³-hybridized carbons (Fsp3) is 0.143. The van der Waals surface area contributed by atoms with Crippen LogP contribution in [0.4, 0.5) is 4.39 Å². The minimum absolute atomic E-state index is 0.198. The zero-order chi connectivity index (χ0) is 14.0. The van der Waals surface area contributed by atoms with Crippen LogP contribution >= 0.6 is 43.5 Å². The van der Waals surface area contributed by atoms with E-state index in [1.165, 1.54) is 6.07 Å². The predicted octanol–water partition coefficient (Wildman–Crippen LogP) is 5.73. The van der Waals surface area contributed by atoms with Gasteiger partial charge in [-0.05, 0) is 45.3 Å². The molecule has 2 rings (SSSR count). The lowest BCUT2D eigenvalue weighted by atomic mass is 10.0. The molecule has 1 nitrogen and oxygen atoms in total. The van der Waals surface area contributed by atoms with Gasteiger partial charge in [-0.2, -0.15) is 0 Å². The van der Waals surface area contributed by atoms with E-state index >= 15 is 0 Å². The van der Waals surface area contributed by atoms with Crippen molar-refractivity contribution in [1.82, 2.24) is 0 Å². The number of halogens is 4. The van der Waals surface area contributed by atoms with E-state index in [0.717, 1.165) is 11.1 Å². The highest BCUT2D eigenvalue weighted by Crippen LogP contribution is 2.40.